The molecule has 1 saturated carbocycles. The van der Waals surface area contributed by atoms with Gasteiger partial charge in [-0.05, 0) is 54.2 Å². The Labute approximate surface area is 148 Å². The first-order valence-corrected chi connectivity index (χ1v) is 9.18. The molecule has 1 fully saturated rings. The minimum atomic E-state index is -4.27. The first-order valence-electron chi connectivity index (χ1n) is 9.18. The second-order valence-electron chi connectivity index (χ2n) is 7.27. The first kappa shape index (κ1) is 18.0. The van der Waals surface area contributed by atoms with Crippen molar-refractivity contribution in [3.8, 4) is 0 Å². The van der Waals surface area contributed by atoms with E-state index in [0.29, 0.717) is 11.8 Å². The number of hydrogen-bond donors (Lipinski definition) is 0. The van der Waals surface area contributed by atoms with Crippen molar-refractivity contribution in [3.05, 3.63) is 71.3 Å². The lowest BCUT2D eigenvalue weighted by Gasteiger charge is -2.37. The Morgan fingerprint density at radius 1 is 0.960 bits per heavy atom. The molecule has 3 unspecified atom stereocenters. The van der Waals surface area contributed by atoms with E-state index in [9.17, 15) is 13.2 Å². The van der Waals surface area contributed by atoms with Crippen LogP contribution >= 0.6 is 0 Å². The largest absolute Gasteiger partial charge is 0.416 e. The quantitative estimate of drug-likeness (QED) is 0.567. The fourth-order valence-corrected chi connectivity index (χ4v) is 4.21. The van der Waals surface area contributed by atoms with E-state index < -0.39 is 11.7 Å². The fourth-order valence-electron chi connectivity index (χ4n) is 4.21. The summed E-state index contributed by atoms with van der Waals surface area (Å²) in [6.45, 7) is 2.19. The molecule has 0 radical (unpaired) electrons. The monoisotopic (exact) mass is 346 g/mol. The molecule has 3 rings (SSSR count). The third-order valence-electron chi connectivity index (χ3n) is 5.66. The van der Waals surface area contributed by atoms with Crippen molar-refractivity contribution in [2.24, 2.45) is 11.8 Å². The van der Waals surface area contributed by atoms with Crippen LogP contribution in [0.4, 0.5) is 13.2 Å². The minimum absolute atomic E-state index is 0.209. The Bertz CT molecular complexity index is 675. The van der Waals surface area contributed by atoms with Gasteiger partial charge in [0.2, 0.25) is 0 Å². The molecule has 0 saturated heterocycles. The van der Waals surface area contributed by atoms with Gasteiger partial charge < -0.3 is 0 Å². The van der Waals surface area contributed by atoms with Crippen LogP contribution in [0.15, 0.2) is 54.6 Å². The lowest BCUT2D eigenvalue weighted by Crippen LogP contribution is -2.25. The van der Waals surface area contributed by atoms with Crippen molar-refractivity contribution in [2.45, 2.75) is 51.1 Å². The van der Waals surface area contributed by atoms with Gasteiger partial charge in [0.1, 0.15) is 0 Å². The Kier molecular flexibility index (Phi) is 5.51. The fraction of sp³-hybridized carbons (Fsp3) is 0.455. The van der Waals surface area contributed by atoms with E-state index in [0.717, 1.165) is 31.2 Å². The maximum atomic E-state index is 13.1. The van der Waals surface area contributed by atoms with E-state index in [-0.39, 0.29) is 5.92 Å². The molecular weight excluding hydrogens is 321 g/mol. The molecule has 0 aliphatic heterocycles. The van der Waals surface area contributed by atoms with Crippen LogP contribution in [-0.2, 0) is 12.6 Å². The summed E-state index contributed by atoms with van der Waals surface area (Å²) in [6.07, 6.45) is 1.04. The number of hydrogen-bond acceptors (Lipinski definition) is 0. The van der Waals surface area contributed by atoms with Crippen LogP contribution in [0.1, 0.15) is 55.2 Å². The SMILES string of the molecule is CCC1CCC(Cc2ccccc2)C(c2cccc(C(F)(F)F)c2)C1. The van der Waals surface area contributed by atoms with E-state index in [1.807, 2.05) is 24.3 Å². The Hall–Kier alpha value is -1.77. The van der Waals surface area contributed by atoms with Crippen molar-refractivity contribution in [1.29, 1.82) is 0 Å². The molecule has 1 aliphatic rings. The molecule has 0 aromatic heterocycles. The van der Waals surface area contributed by atoms with E-state index in [1.54, 1.807) is 6.07 Å². The van der Waals surface area contributed by atoms with Crippen LogP contribution in [0.3, 0.4) is 0 Å². The highest BCUT2D eigenvalue weighted by Crippen LogP contribution is 2.44. The van der Waals surface area contributed by atoms with Gasteiger partial charge in [-0.3, -0.25) is 0 Å². The Morgan fingerprint density at radius 2 is 1.72 bits per heavy atom. The van der Waals surface area contributed by atoms with Crippen LogP contribution < -0.4 is 0 Å². The molecule has 3 heteroatoms. The summed E-state index contributed by atoms with van der Waals surface area (Å²) < 4.78 is 39.4. The Morgan fingerprint density at radius 3 is 2.40 bits per heavy atom. The lowest BCUT2D eigenvalue weighted by molar-refractivity contribution is -0.137. The second-order valence-corrected chi connectivity index (χ2v) is 7.27. The van der Waals surface area contributed by atoms with Crippen LogP contribution in [0.2, 0.25) is 0 Å². The molecule has 2 aromatic rings. The summed E-state index contributed by atoms with van der Waals surface area (Å²) in [4.78, 5) is 0. The third-order valence-corrected chi connectivity index (χ3v) is 5.66. The van der Waals surface area contributed by atoms with Gasteiger partial charge >= 0.3 is 6.18 Å². The average Bonchev–Trinajstić information content (AvgIpc) is 2.62. The summed E-state index contributed by atoms with van der Waals surface area (Å²) in [5.41, 5.74) is 1.61. The molecule has 2 aromatic carbocycles. The van der Waals surface area contributed by atoms with Crippen LogP contribution in [0.5, 0.6) is 0 Å². The van der Waals surface area contributed by atoms with Gasteiger partial charge in [0, 0.05) is 0 Å². The molecular formula is C22H25F3. The summed E-state index contributed by atoms with van der Waals surface area (Å²) in [5.74, 6) is 1.24. The van der Waals surface area contributed by atoms with Crippen LogP contribution in [0, 0.1) is 11.8 Å². The van der Waals surface area contributed by atoms with E-state index in [4.69, 9.17) is 0 Å². The molecule has 1 aliphatic carbocycles. The predicted molar refractivity (Wildman–Crippen MR) is 95.5 cm³/mol. The predicted octanol–water partition coefficient (Wildman–Crippen LogP) is 6.86. The average molecular weight is 346 g/mol. The van der Waals surface area contributed by atoms with E-state index in [2.05, 4.69) is 19.1 Å². The number of alkyl halides is 3. The van der Waals surface area contributed by atoms with Gasteiger partial charge in [0.15, 0.2) is 0 Å². The third kappa shape index (κ3) is 4.45. The first-order chi connectivity index (χ1) is 12.0. The second kappa shape index (κ2) is 7.63. The molecule has 0 spiro atoms. The van der Waals surface area contributed by atoms with Crippen molar-refractivity contribution in [2.75, 3.05) is 0 Å². The molecule has 0 bridgehead atoms. The maximum absolute atomic E-state index is 13.1. The summed E-state index contributed by atoms with van der Waals surface area (Å²) >= 11 is 0. The lowest BCUT2D eigenvalue weighted by atomic mass is 9.68. The topological polar surface area (TPSA) is 0 Å². The zero-order valence-corrected chi connectivity index (χ0v) is 14.6. The smallest absolute Gasteiger partial charge is 0.166 e. The van der Waals surface area contributed by atoms with E-state index >= 15 is 0 Å². The molecule has 134 valence electrons. The van der Waals surface area contributed by atoms with Gasteiger partial charge in [-0.2, -0.15) is 13.2 Å². The summed E-state index contributed by atoms with van der Waals surface area (Å²) in [6, 6.07) is 16.3. The minimum Gasteiger partial charge on any atom is -0.166 e. The summed E-state index contributed by atoms with van der Waals surface area (Å²) in [7, 11) is 0. The van der Waals surface area contributed by atoms with Crippen molar-refractivity contribution >= 4 is 0 Å². The number of benzene rings is 2. The normalized spacial score (nSPS) is 24.2. The molecule has 0 N–H and O–H groups in total. The van der Waals surface area contributed by atoms with Gasteiger partial charge in [0.05, 0.1) is 5.56 Å². The maximum Gasteiger partial charge on any atom is 0.416 e. The number of halogens is 3. The highest BCUT2D eigenvalue weighted by molar-refractivity contribution is 5.30. The van der Waals surface area contributed by atoms with Crippen LogP contribution in [-0.4, -0.2) is 0 Å². The zero-order valence-electron chi connectivity index (χ0n) is 14.6. The summed E-state index contributed by atoms with van der Waals surface area (Å²) in [5, 5.41) is 0. The molecule has 0 amide bonds. The highest BCUT2D eigenvalue weighted by Gasteiger charge is 2.34. The Balaban J connectivity index is 1.88. The molecule has 3 atom stereocenters. The van der Waals surface area contributed by atoms with Crippen molar-refractivity contribution in [3.63, 3.8) is 0 Å². The molecule has 0 heterocycles. The van der Waals surface area contributed by atoms with Gasteiger partial charge in [0.25, 0.3) is 0 Å². The highest BCUT2D eigenvalue weighted by atomic mass is 19.4. The molecule has 0 nitrogen and oxygen atoms in total. The van der Waals surface area contributed by atoms with Crippen LogP contribution in [0.25, 0.3) is 0 Å². The molecule has 25 heavy (non-hydrogen) atoms. The zero-order chi connectivity index (χ0) is 17.9. The van der Waals surface area contributed by atoms with Gasteiger partial charge in [-0.25, -0.2) is 0 Å². The van der Waals surface area contributed by atoms with Crippen molar-refractivity contribution in [1.82, 2.24) is 0 Å². The van der Waals surface area contributed by atoms with Gasteiger partial charge in [-0.15, -0.1) is 0 Å². The number of rotatable bonds is 4. The van der Waals surface area contributed by atoms with Crippen molar-refractivity contribution < 1.29 is 13.2 Å². The standard InChI is InChI=1S/C22H25F3/c1-2-16-11-12-19(13-17-7-4-3-5-8-17)21(14-16)18-9-6-10-20(15-18)22(23,24)25/h3-10,15-16,19,21H,2,11-14H2,1H3. The van der Waals surface area contributed by atoms with Gasteiger partial charge in [-0.1, -0.05) is 68.3 Å². The van der Waals surface area contributed by atoms with E-state index in [1.165, 1.54) is 24.1 Å².